The average molecular weight is 269 g/mol. The van der Waals surface area contributed by atoms with E-state index in [9.17, 15) is 0 Å². The summed E-state index contributed by atoms with van der Waals surface area (Å²) in [5.74, 6) is 0. The Balaban J connectivity index is 0.00000196. The fourth-order valence-electron chi connectivity index (χ4n) is 1.43. The van der Waals surface area contributed by atoms with E-state index in [0.29, 0.717) is 10.0 Å². The Bertz CT molecular complexity index is 282. The molecular formula is C11H16Cl3N. The standard InChI is InChI=1S/C11H15Cl2N.ClH/c1-2-3-7-10(14)11-8(12)5-4-6-9(11)13;/h4-6,10H,2-3,7,14H2,1H3;1H/t10-;/m1./s1. The zero-order chi connectivity index (χ0) is 10.6. The predicted molar refractivity (Wildman–Crippen MR) is 70.2 cm³/mol. The first-order chi connectivity index (χ1) is 6.66. The topological polar surface area (TPSA) is 26.0 Å². The molecule has 1 nitrogen and oxygen atoms in total. The third-order valence-electron chi connectivity index (χ3n) is 2.24. The van der Waals surface area contributed by atoms with E-state index in [1.54, 1.807) is 0 Å². The van der Waals surface area contributed by atoms with Crippen molar-refractivity contribution in [3.8, 4) is 0 Å². The van der Waals surface area contributed by atoms with Gasteiger partial charge in [-0.2, -0.15) is 0 Å². The third kappa shape index (κ3) is 4.20. The van der Waals surface area contributed by atoms with Crippen LogP contribution in [-0.2, 0) is 0 Å². The maximum absolute atomic E-state index is 6.04. The summed E-state index contributed by atoms with van der Waals surface area (Å²) in [6.45, 7) is 2.14. The molecule has 15 heavy (non-hydrogen) atoms. The van der Waals surface area contributed by atoms with Crippen LogP contribution in [0.3, 0.4) is 0 Å². The van der Waals surface area contributed by atoms with Crippen molar-refractivity contribution in [3.63, 3.8) is 0 Å². The van der Waals surface area contributed by atoms with Gasteiger partial charge in [0.15, 0.2) is 0 Å². The minimum Gasteiger partial charge on any atom is -0.324 e. The molecule has 1 rings (SSSR count). The van der Waals surface area contributed by atoms with E-state index in [1.165, 1.54) is 0 Å². The molecule has 0 fully saturated rings. The van der Waals surface area contributed by atoms with Crippen molar-refractivity contribution in [2.24, 2.45) is 5.73 Å². The average Bonchev–Trinajstić information content (AvgIpc) is 2.14. The van der Waals surface area contributed by atoms with Gasteiger partial charge in [0.05, 0.1) is 0 Å². The quantitative estimate of drug-likeness (QED) is 0.848. The van der Waals surface area contributed by atoms with Gasteiger partial charge in [-0.1, -0.05) is 49.0 Å². The Morgan fingerprint density at radius 1 is 1.27 bits per heavy atom. The van der Waals surface area contributed by atoms with Crippen molar-refractivity contribution in [2.45, 2.75) is 32.2 Å². The summed E-state index contributed by atoms with van der Waals surface area (Å²) in [5, 5.41) is 1.34. The van der Waals surface area contributed by atoms with E-state index >= 15 is 0 Å². The molecule has 0 aliphatic heterocycles. The number of hydrogen-bond acceptors (Lipinski definition) is 1. The van der Waals surface area contributed by atoms with Gasteiger partial charge < -0.3 is 5.73 Å². The Kier molecular flexibility index (Phi) is 7.37. The molecule has 0 amide bonds. The number of unbranched alkanes of at least 4 members (excludes halogenated alkanes) is 1. The molecule has 0 saturated heterocycles. The van der Waals surface area contributed by atoms with Gasteiger partial charge >= 0.3 is 0 Å². The third-order valence-corrected chi connectivity index (χ3v) is 2.90. The van der Waals surface area contributed by atoms with Crippen LogP contribution in [0.15, 0.2) is 18.2 Å². The lowest BCUT2D eigenvalue weighted by Gasteiger charge is -2.14. The Morgan fingerprint density at radius 3 is 2.27 bits per heavy atom. The molecule has 1 atom stereocenters. The van der Waals surface area contributed by atoms with Crippen molar-refractivity contribution in [3.05, 3.63) is 33.8 Å². The van der Waals surface area contributed by atoms with E-state index in [2.05, 4.69) is 6.92 Å². The largest absolute Gasteiger partial charge is 0.324 e. The van der Waals surface area contributed by atoms with Crippen LogP contribution in [-0.4, -0.2) is 0 Å². The molecule has 0 bridgehead atoms. The van der Waals surface area contributed by atoms with Crippen molar-refractivity contribution < 1.29 is 0 Å². The molecule has 0 spiro atoms. The van der Waals surface area contributed by atoms with Crippen LogP contribution in [0.2, 0.25) is 10.0 Å². The molecule has 86 valence electrons. The summed E-state index contributed by atoms with van der Waals surface area (Å²) in [5.41, 5.74) is 6.89. The smallest absolute Gasteiger partial charge is 0.0468 e. The van der Waals surface area contributed by atoms with Crippen LogP contribution >= 0.6 is 35.6 Å². The molecule has 0 heterocycles. The second kappa shape index (κ2) is 7.34. The normalized spacial score (nSPS) is 12.0. The molecule has 1 aromatic rings. The highest BCUT2D eigenvalue weighted by molar-refractivity contribution is 6.36. The van der Waals surface area contributed by atoms with Gasteiger partial charge in [0.1, 0.15) is 0 Å². The molecular weight excluding hydrogens is 252 g/mol. The second-order valence-electron chi connectivity index (χ2n) is 3.38. The van der Waals surface area contributed by atoms with Gasteiger partial charge in [0.2, 0.25) is 0 Å². The number of benzene rings is 1. The number of halogens is 3. The number of rotatable bonds is 4. The Hall–Kier alpha value is 0.0500. The van der Waals surface area contributed by atoms with Gasteiger partial charge in [-0.15, -0.1) is 12.4 Å². The van der Waals surface area contributed by atoms with Crippen LogP contribution in [0.5, 0.6) is 0 Å². The Labute approximate surface area is 107 Å². The second-order valence-corrected chi connectivity index (χ2v) is 4.20. The SMILES string of the molecule is CCCC[C@@H](N)c1c(Cl)cccc1Cl.Cl. The summed E-state index contributed by atoms with van der Waals surface area (Å²) in [7, 11) is 0. The van der Waals surface area contributed by atoms with Crippen LogP contribution < -0.4 is 5.73 Å². The van der Waals surface area contributed by atoms with Crippen LogP contribution in [0.1, 0.15) is 37.8 Å². The van der Waals surface area contributed by atoms with E-state index in [4.69, 9.17) is 28.9 Å². The summed E-state index contributed by atoms with van der Waals surface area (Å²) < 4.78 is 0. The molecule has 2 N–H and O–H groups in total. The fraction of sp³-hybridized carbons (Fsp3) is 0.455. The highest BCUT2D eigenvalue weighted by atomic mass is 35.5. The van der Waals surface area contributed by atoms with Gasteiger partial charge in [-0.25, -0.2) is 0 Å². The summed E-state index contributed by atoms with van der Waals surface area (Å²) in [6.07, 6.45) is 3.17. The number of hydrogen-bond donors (Lipinski definition) is 1. The highest BCUT2D eigenvalue weighted by Gasteiger charge is 2.12. The highest BCUT2D eigenvalue weighted by Crippen LogP contribution is 2.31. The zero-order valence-electron chi connectivity index (χ0n) is 8.67. The van der Waals surface area contributed by atoms with Gasteiger partial charge in [-0.3, -0.25) is 0 Å². The van der Waals surface area contributed by atoms with Gasteiger partial charge in [0.25, 0.3) is 0 Å². The maximum Gasteiger partial charge on any atom is 0.0468 e. The first-order valence-corrected chi connectivity index (χ1v) is 5.62. The van der Waals surface area contributed by atoms with Crippen molar-refractivity contribution in [2.75, 3.05) is 0 Å². The lowest BCUT2D eigenvalue weighted by atomic mass is 10.0. The number of nitrogens with two attached hydrogens (primary N) is 1. The van der Waals surface area contributed by atoms with Crippen LogP contribution in [0.25, 0.3) is 0 Å². The molecule has 0 radical (unpaired) electrons. The van der Waals surface area contributed by atoms with Crippen molar-refractivity contribution in [1.29, 1.82) is 0 Å². The van der Waals surface area contributed by atoms with E-state index in [0.717, 1.165) is 24.8 Å². The van der Waals surface area contributed by atoms with E-state index < -0.39 is 0 Å². The van der Waals surface area contributed by atoms with E-state index in [1.807, 2.05) is 18.2 Å². The monoisotopic (exact) mass is 267 g/mol. The first kappa shape index (κ1) is 15.0. The molecule has 0 aliphatic rings. The lowest BCUT2D eigenvalue weighted by molar-refractivity contribution is 0.604. The molecule has 0 aromatic heterocycles. The Morgan fingerprint density at radius 2 is 1.80 bits per heavy atom. The molecule has 1 aromatic carbocycles. The van der Waals surface area contributed by atoms with Gasteiger partial charge in [0, 0.05) is 21.7 Å². The fourth-order valence-corrected chi connectivity index (χ4v) is 2.11. The van der Waals surface area contributed by atoms with Crippen LogP contribution in [0, 0.1) is 0 Å². The van der Waals surface area contributed by atoms with E-state index in [-0.39, 0.29) is 18.4 Å². The maximum atomic E-state index is 6.04. The zero-order valence-corrected chi connectivity index (χ0v) is 11.0. The summed E-state index contributed by atoms with van der Waals surface area (Å²) >= 11 is 12.1. The lowest BCUT2D eigenvalue weighted by Crippen LogP contribution is -2.11. The molecule has 0 saturated carbocycles. The molecule has 0 aliphatic carbocycles. The first-order valence-electron chi connectivity index (χ1n) is 4.86. The summed E-state index contributed by atoms with van der Waals surface area (Å²) in [6, 6.07) is 5.44. The predicted octanol–water partition coefficient (Wildman–Crippen LogP) is 4.61. The summed E-state index contributed by atoms with van der Waals surface area (Å²) in [4.78, 5) is 0. The minimum absolute atomic E-state index is 0. The molecule has 4 heteroatoms. The van der Waals surface area contributed by atoms with Gasteiger partial charge in [-0.05, 0) is 18.6 Å². The molecule has 0 unspecified atom stereocenters. The van der Waals surface area contributed by atoms with Crippen molar-refractivity contribution in [1.82, 2.24) is 0 Å². The minimum atomic E-state index is -0.0452. The van der Waals surface area contributed by atoms with Crippen LogP contribution in [0.4, 0.5) is 0 Å². The van der Waals surface area contributed by atoms with Crippen molar-refractivity contribution >= 4 is 35.6 Å².